The van der Waals surface area contributed by atoms with Crippen molar-refractivity contribution >= 4 is 0 Å². The van der Waals surface area contributed by atoms with E-state index in [4.69, 9.17) is 5.73 Å². The summed E-state index contributed by atoms with van der Waals surface area (Å²) in [5.74, 6) is 0.419. The molecule has 0 aliphatic rings. The van der Waals surface area contributed by atoms with E-state index in [0.29, 0.717) is 12.5 Å². The van der Waals surface area contributed by atoms with E-state index in [1.807, 2.05) is 6.07 Å². The summed E-state index contributed by atoms with van der Waals surface area (Å²) >= 11 is 0. The maximum Gasteiger partial charge on any atom is 0.123 e. The molecule has 0 saturated heterocycles. The van der Waals surface area contributed by atoms with E-state index in [1.54, 1.807) is 0 Å². The highest BCUT2D eigenvalue weighted by Gasteiger charge is 2.07. The number of benzene rings is 1. The summed E-state index contributed by atoms with van der Waals surface area (Å²) in [5, 5.41) is 0. The Morgan fingerprint density at radius 2 is 2.00 bits per heavy atom. The molecule has 0 aromatic heterocycles. The van der Waals surface area contributed by atoms with Gasteiger partial charge in [0, 0.05) is 19.6 Å². The van der Waals surface area contributed by atoms with Crippen LogP contribution in [0.15, 0.2) is 18.2 Å². The maximum atomic E-state index is 13.0. The molecule has 3 heteroatoms. The molecule has 1 rings (SSSR count). The summed E-state index contributed by atoms with van der Waals surface area (Å²) in [7, 11) is 2.07. The largest absolute Gasteiger partial charge is 0.326 e. The highest BCUT2D eigenvalue weighted by molar-refractivity contribution is 5.27. The first-order chi connectivity index (χ1) is 7.52. The molecule has 2 N–H and O–H groups in total. The molecule has 0 aliphatic heterocycles. The molecule has 0 unspecified atom stereocenters. The highest BCUT2D eigenvalue weighted by atomic mass is 19.1. The zero-order chi connectivity index (χ0) is 12.1. The SMILES string of the molecule is CC(C)CN(C)Cc1ccc(F)cc1CN. The molecule has 1 aromatic carbocycles. The van der Waals surface area contributed by atoms with E-state index < -0.39 is 0 Å². The van der Waals surface area contributed by atoms with Crippen LogP contribution in [0.1, 0.15) is 25.0 Å². The van der Waals surface area contributed by atoms with Crippen molar-refractivity contribution in [1.29, 1.82) is 0 Å². The van der Waals surface area contributed by atoms with Gasteiger partial charge in [0.1, 0.15) is 5.82 Å². The van der Waals surface area contributed by atoms with Gasteiger partial charge in [-0.2, -0.15) is 0 Å². The van der Waals surface area contributed by atoms with Crippen LogP contribution in [0.5, 0.6) is 0 Å². The number of hydrogen-bond acceptors (Lipinski definition) is 2. The van der Waals surface area contributed by atoms with E-state index in [9.17, 15) is 4.39 Å². The van der Waals surface area contributed by atoms with E-state index >= 15 is 0 Å². The van der Waals surface area contributed by atoms with Crippen molar-refractivity contribution in [2.45, 2.75) is 26.9 Å². The predicted octanol–water partition coefficient (Wildman–Crippen LogP) is 2.37. The second kappa shape index (κ2) is 5.97. The fourth-order valence-electron chi connectivity index (χ4n) is 1.92. The van der Waals surface area contributed by atoms with Crippen LogP contribution >= 0.6 is 0 Å². The fourth-order valence-corrected chi connectivity index (χ4v) is 1.92. The smallest absolute Gasteiger partial charge is 0.123 e. The summed E-state index contributed by atoms with van der Waals surface area (Å²) < 4.78 is 13.0. The molecule has 0 aliphatic carbocycles. The summed E-state index contributed by atoms with van der Waals surface area (Å²) in [5.41, 5.74) is 7.63. The van der Waals surface area contributed by atoms with Crippen LogP contribution in [-0.4, -0.2) is 18.5 Å². The van der Waals surface area contributed by atoms with Gasteiger partial charge in [-0.15, -0.1) is 0 Å². The van der Waals surface area contributed by atoms with Gasteiger partial charge in [-0.3, -0.25) is 0 Å². The van der Waals surface area contributed by atoms with Crippen molar-refractivity contribution in [3.8, 4) is 0 Å². The summed E-state index contributed by atoms with van der Waals surface area (Å²) in [6, 6.07) is 4.85. The van der Waals surface area contributed by atoms with Crippen LogP contribution in [0, 0.1) is 11.7 Å². The zero-order valence-corrected chi connectivity index (χ0v) is 10.3. The molecule has 0 spiro atoms. The van der Waals surface area contributed by atoms with E-state index in [0.717, 1.165) is 24.2 Å². The zero-order valence-electron chi connectivity index (χ0n) is 10.3. The lowest BCUT2D eigenvalue weighted by Gasteiger charge is -2.20. The Morgan fingerprint density at radius 1 is 1.31 bits per heavy atom. The van der Waals surface area contributed by atoms with Crippen LogP contribution in [-0.2, 0) is 13.1 Å². The van der Waals surface area contributed by atoms with Gasteiger partial charge in [0.2, 0.25) is 0 Å². The first-order valence-electron chi connectivity index (χ1n) is 5.68. The second-order valence-corrected chi connectivity index (χ2v) is 4.71. The molecule has 2 nitrogen and oxygen atoms in total. The Bertz CT molecular complexity index is 337. The molecule has 90 valence electrons. The topological polar surface area (TPSA) is 29.3 Å². The van der Waals surface area contributed by atoms with Crippen molar-refractivity contribution in [3.05, 3.63) is 35.1 Å². The van der Waals surface area contributed by atoms with Gasteiger partial charge >= 0.3 is 0 Å². The third-order valence-electron chi connectivity index (χ3n) is 2.51. The van der Waals surface area contributed by atoms with Gasteiger partial charge in [-0.05, 0) is 36.2 Å². The van der Waals surface area contributed by atoms with Gasteiger partial charge in [0.15, 0.2) is 0 Å². The van der Waals surface area contributed by atoms with Crippen LogP contribution in [0.3, 0.4) is 0 Å². The molecular formula is C13H21FN2. The van der Waals surface area contributed by atoms with Crippen molar-refractivity contribution < 1.29 is 4.39 Å². The lowest BCUT2D eigenvalue weighted by molar-refractivity contribution is 0.287. The Morgan fingerprint density at radius 3 is 2.56 bits per heavy atom. The predicted molar refractivity (Wildman–Crippen MR) is 65.5 cm³/mol. The summed E-state index contributed by atoms with van der Waals surface area (Å²) in [4.78, 5) is 2.23. The third-order valence-corrected chi connectivity index (χ3v) is 2.51. The lowest BCUT2D eigenvalue weighted by atomic mass is 10.1. The monoisotopic (exact) mass is 224 g/mol. The summed E-state index contributed by atoms with van der Waals surface area (Å²) in [6.07, 6.45) is 0. The van der Waals surface area contributed by atoms with E-state index in [2.05, 4.69) is 25.8 Å². The number of nitrogens with zero attached hydrogens (tertiary/aromatic N) is 1. The Labute approximate surface area is 97.3 Å². The molecule has 0 saturated carbocycles. The minimum Gasteiger partial charge on any atom is -0.326 e. The average molecular weight is 224 g/mol. The first-order valence-corrected chi connectivity index (χ1v) is 5.68. The normalized spacial score (nSPS) is 11.4. The molecule has 0 radical (unpaired) electrons. The number of rotatable bonds is 5. The first kappa shape index (κ1) is 13.1. The maximum absolute atomic E-state index is 13.0. The molecule has 1 aromatic rings. The van der Waals surface area contributed by atoms with Gasteiger partial charge in [0.05, 0.1) is 0 Å². The van der Waals surface area contributed by atoms with Crippen molar-refractivity contribution in [1.82, 2.24) is 4.90 Å². The minimum atomic E-state index is -0.212. The van der Waals surface area contributed by atoms with Crippen LogP contribution < -0.4 is 5.73 Å². The lowest BCUT2D eigenvalue weighted by Crippen LogP contribution is -2.23. The van der Waals surface area contributed by atoms with Crippen molar-refractivity contribution in [3.63, 3.8) is 0 Å². The molecule has 0 fully saturated rings. The van der Waals surface area contributed by atoms with Crippen LogP contribution in [0.25, 0.3) is 0 Å². The van der Waals surface area contributed by atoms with Gasteiger partial charge in [-0.25, -0.2) is 4.39 Å². The van der Waals surface area contributed by atoms with Gasteiger partial charge in [-0.1, -0.05) is 19.9 Å². The average Bonchev–Trinajstić information content (AvgIpc) is 2.19. The Hall–Kier alpha value is -0.930. The molecular weight excluding hydrogens is 203 g/mol. The minimum absolute atomic E-state index is 0.212. The number of hydrogen-bond donors (Lipinski definition) is 1. The molecule has 16 heavy (non-hydrogen) atoms. The molecule has 0 amide bonds. The van der Waals surface area contributed by atoms with E-state index in [1.165, 1.54) is 12.1 Å². The van der Waals surface area contributed by atoms with Gasteiger partial charge < -0.3 is 10.6 Å². The van der Waals surface area contributed by atoms with Crippen molar-refractivity contribution in [2.75, 3.05) is 13.6 Å². The van der Waals surface area contributed by atoms with Gasteiger partial charge in [0.25, 0.3) is 0 Å². The number of halogens is 1. The second-order valence-electron chi connectivity index (χ2n) is 4.71. The summed E-state index contributed by atoms with van der Waals surface area (Å²) in [6.45, 7) is 6.62. The van der Waals surface area contributed by atoms with Crippen molar-refractivity contribution in [2.24, 2.45) is 11.7 Å². The van der Waals surface area contributed by atoms with E-state index in [-0.39, 0.29) is 5.82 Å². The Balaban J connectivity index is 2.72. The molecule has 0 atom stereocenters. The van der Waals surface area contributed by atoms with Crippen LogP contribution in [0.2, 0.25) is 0 Å². The standard InChI is InChI=1S/C13H21FN2/c1-10(2)8-16(3)9-11-4-5-13(14)6-12(11)7-15/h4-6,10H,7-9,15H2,1-3H3. The number of nitrogens with two attached hydrogens (primary N) is 1. The van der Waals surface area contributed by atoms with Crippen LogP contribution in [0.4, 0.5) is 4.39 Å². The highest BCUT2D eigenvalue weighted by Crippen LogP contribution is 2.13. The third kappa shape index (κ3) is 3.91. The molecule has 0 heterocycles. The fraction of sp³-hybridized carbons (Fsp3) is 0.538. The quantitative estimate of drug-likeness (QED) is 0.832. The molecule has 0 bridgehead atoms. The Kier molecular flexibility index (Phi) is 4.90.